The van der Waals surface area contributed by atoms with E-state index in [0.29, 0.717) is 0 Å². The van der Waals surface area contributed by atoms with Crippen LogP contribution in [0.3, 0.4) is 0 Å². The zero-order chi connectivity index (χ0) is 4.28. The van der Waals surface area contributed by atoms with Crippen molar-refractivity contribution in [2.45, 2.75) is 0 Å². The molecule has 0 aliphatic carbocycles. The second-order valence-corrected chi connectivity index (χ2v) is 0.875. The Labute approximate surface area is 36.9 Å². The van der Waals surface area contributed by atoms with Crippen LogP contribution in [0.25, 0.3) is 0 Å². The minimum Gasteiger partial charge on any atom is -0.344 e. The topological polar surface area (TPSA) is 102 Å². The summed E-state index contributed by atoms with van der Waals surface area (Å²) in [6.45, 7) is 0. The second kappa shape index (κ2) is 4.99. The summed E-state index contributed by atoms with van der Waals surface area (Å²) in [5, 5.41) is 7.09. The molecule has 0 saturated carbocycles. The van der Waals surface area contributed by atoms with Crippen LogP contribution in [0.15, 0.2) is 0 Å². The lowest BCUT2D eigenvalue weighted by Gasteiger charge is -1.73. The molecule has 0 saturated heterocycles. The fourth-order valence-corrected chi connectivity index (χ4v) is 0. The van der Waals surface area contributed by atoms with Crippen molar-refractivity contribution in [2.24, 2.45) is 0 Å². The van der Waals surface area contributed by atoms with Crippen LogP contribution in [-0.4, -0.2) is 14.0 Å². The van der Waals surface area contributed by atoms with E-state index in [4.69, 9.17) is 14.0 Å². The van der Waals surface area contributed by atoms with Gasteiger partial charge in [0, 0.05) is 0 Å². The Kier molecular flexibility index (Phi) is 7.79. The molecule has 0 amide bonds. The SMILES string of the molecule is N.O=S(O)OO. The molecule has 0 heterocycles. The predicted octanol–water partition coefficient (Wildman–Crippen LogP) is -0.225. The van der Waals surface area contributed by atoms with Gasteiger partial charge in [0.1, 0.15) is 0 Å². The van der Waals surface area contributed by atoms with Crippen LogP contribution < -0.4 is 6.15 Å². The summed E-state index contributed by atoms with van der Waals surface area (Å²) in [5.41, 5.74) is 0. The molecular weight excluding hydrogens is 110 g/mol. The van der Waals surface area contributed by atoms with Gasteiger partial charge in [0.05, 0.1) is 0 Å². The summed E-state index contributed by atoms with van der Waals surface area (Å²) < 4.78 is 19.1. The third-order valence-electron chi connectivity index (χ3n) is 0.0638. The van der Waals surface area contributed by atoms with Crippen molar-refractivity contribution in [3.63, 3.8) is 0 Å². The number of rotatable bonds is 1. The van der Waals surface area contributed by atoms with Crippen molar-refractivity contribution in [1.29, 1.82) is 0 Å². The summed E-state index contributed by atoms with van der Waals surface area (Å²) in [4.78, 5) is 0. The number of hydrogen-bond donors (Lipinski definition) is 3. The smallest absolute Gasteiger partial charge is 0.330 e. The standard InChI is InChI=1S/H3N.H2O4S/c;1-4-5(2)3/h1H3;1H,(H,2,3). The van der Waals surface area contributed by atoms with Crippen molar-refractivity contribution in [2.75, 3.05) is 0 Å². The Morgan fingerprint density at radius 2 is 1.83 bits per heavy atom. The fraction of sp³-hybridized carbons (Fsp3) is 0. The van der Waals surface area contributed by atoms with Crippen molar-refractivity contribution in [1.82, 2.24) is 6.15 Å². The quantitative estimate of drug-likeness (QED) is 0.249. The average Bonchev–Trinajstić information content (AvgIpc) is 1.38. The molecule has 0 aromatic rings. The van der Waals surface area contributed by atoms with E-state index in [1.54, 1.807) is 0 Å². The van der Waals surface area contributed by atoms with Crippen LogP contribution in [0.4, 0.5) is 0 Å². The fourth-order valence-electron chi connectivity index (χ4n) is 0. The Morgan fingerprint density at radius 3 is 1.83 bits per heavy atom. The van der Waals surface area contributed by atoms with E-state index < -0.39 is 11.4 Å². The first-order valence-corrected chi connectivity index (χ1v) is 1.73. The highest BCUT2D eigenvalue weighted by Crippen LogP contribution is 1.63. The molecule has 0 rings (SSSR count). The largest absolute Gasteiger partial charge is 0.344 e. The van der Waals surface area contributed by atoms with Crippen LogP contribution in [0, 0.1) is 0 Å². The van der Waals surface area contributed by atoms with Crippen molar-refractivity contribution >= 4 is 11.4 Å². The third kappa shape index (κ3) is 9.01. The lowest BCUT2D eigenvalue weighted by atomic mass is 14.0. The first-order chi connectivity index (χ1) is 2.27. The molecule has 0 bridgehead atoms. The van der Waals surface area contributed by atoms with Gasteiger partial charge < -0.3 is 6.15 Å². The molecule has 6 heteroatoms. The molecule has 1 atom stereocenters. The average molecular weight is 115 g/mol. The maximum atomic E-state index is 9.01. The molecule has 1 unspecified atom stereocenters. The zero-order valence-electron chi connectivity index (χ0n) is 2.83. The predicted molar refractivity (Wildman–Crippen MR) is 19.5 cm³/mol. The molecule has 40 valence electrons. The van der Waals surface area contributed by atoms with Gasteiger partial charge >= 0.3 is 11.4 Å². The van der Waals surface area contributed by atoms with Crippen molar-refractivity contribution in [3.8, 4) is 0 Å². The molecule has 0 aliphatic heterocycles. The maximum Gasteiger partial charge on any atom is 0.330 e. The summed E-state index contributed by atoms with van der Waals surface area (Å²) in [6, 6.07) is 0. The van der Waals surface area contributed by atoms with Gasteiger partial charge in [-0.2, -0.15) is 4.21 Å². The van der Waals surface area contributed by atoms with Gasteiger partial charge in [-0.3, -0.25) is 4.55 Å². The second-order valence-electron chi connectivity index (χ2n) is 0.292. The summed E-state index contributed by atoms with van der Waals surface area (Å²) >= 11 is -2.52. The van der Waals surface area contributed by atoms with E-state index in [9.17, 15) is 0 Å². The lowest BCUT2D eigenvalue weighted by Crippen LogP contribution is -1.85. The van der Waals surface area contributed by atoms with Crippen molar-refractivity contribution in [3.05, 3.63) is 0 Å². The monoisotopic (exact) mass is 115 g/mol. The van der Waals surface area contributed by atoms with Gasteiger partial charge in [-0.25, -0.2) is 5.26 Å². The van der Waals surface area contributed by atoms with Crippen LogP contribution in [-0.2, 0) is 15.7 Å². The van der Waals surface area contributed by atoms with Crippen LogP contribution in [0.5, 0.6) is 0 Å². The van der Waals surface area contributed by atoms with Gasteiger partial charge in [-0.05, 0) is 0 Å². The normalized spacial score (nSPS) is 12.3. The van der Waals surface area contributed by atoms with Gasteiger partial charge in [0.2, 0.25) is 0 Å². The van der Waals surface area contributed by atoms with Gasteiger partial charge in [0.25, 0.3) is 0 Å². The van der Waals surface area contributed by atoms with Crippen molar-refractivity contribution < 1.29 is 18.4 Å². The molecule has 0 fully saturated rings. The van der Waals surface area contributed by atoms with Gasteiger partial charge in [0.15, 0.2) is 0 Å². The van der Waals surface area contributed by atoms with E-state index >= 15 is 0 Å². The molecule has 6 heavy (non-hydrogen) atoms. The van der Waals surface area contributed by atoms with E-state index in [-0.39, 0.29) is 6.15 Å². The third-order valence-corrected chi connectivity index (χ3v) is 0.191. The molecule has 5 nitrogen and oxygen atoms in total. The van der Waals surface area contributed by atoms with Gasteiger partial charge in [-0.1, -0.05) is 0 Å². The first-order valence-electron chi connectivity index (χ1n) is 0.698. The molecule has 5 N–H and O–H groups in total. The molecule has 0 radical (unpaired) electrons. The van der Waals surface area contributed by atoms with E-state index in [1.165, 1.54) is 0 Å². The zero-order valence-corrected chi connectivity index (χ0v) is 3.64. The van der Waals surface area contributed by atoms with Gasteiger partial charge in [-0.15, -0.1) is 4.33 Å². The minimum absolute atomic E-state index is 0. The Bertz CT molecular complexity index is 42.8. The Balaban J connectivity index is 0. The Hall–Kier alpha value is -0.0100. The highest BCUT2D eigenvalue weighted by Gasteiger charge is 1.78. The highest BCUT2D eigenvalue weighted by atomic mass is 32.2. The highest BCUT2D eigenvalue weighted by molar-refractivity contribution is 7.74. The molecule has 0 aliphatic rings. The molecule has 0 aromatic heterocycles. The van der Waals surface area contributed by atoms with Crippen LogP contribution in [0.1, 0.15) is 0 Å². The minimum atomic E-state index is -2.52. The lowest BCUT2D eigenvalue weighted by molar-refractivity contribution is -0.131. The summed E-state index contributed by atoms with van der Waals surface area (Å²) in [5.74, 6) is 0. The Morgan fingerprint density at radius 1 is 1.67 bits per heavy atom. The summed E-state index contributed by atoms with van der Waals surface area (Å²) in [7, 11) is 0. The molecular formula is H5NO4S. The van der Waals surface area contributed by atoms with E-state index in [0.717, 1.165) is 0 Å². The van der Waals surface area contributed by atoms with Crippen LogP contribution in [0.2, 0.25) is 0 Å². The maximum absolute atomic E-state index is 9.01. The van der Waals surface area contributed by atoms with Crippen LogP contribution >= 0.6 is 0 Å². The first kappa shape index (κ1) is 9.37. The summed E-state index contributed by atoms with van der Waals surface area (Å²) in [6.07, 6.45) is 0. The molecule has 0 aromatic carbocycles. The molecule has 0 spiro atoms. The van der Waals surface area contributed by atoms with E-state index in [2.05, 4.69) is 4.33 Å². The number of hydrogen-bond acceptors (Lipinski definition) is 4. The van der Waals surface area contributed by atoms with E-state index in [1.807, 2.05) is 0 Å².